The van der Waals surface area contributed by atoms with E-state index in [2.05, 4.69) is 41.6 Å². The van der Waals surface area contributed by atoms with Gasteiger partial charge in [-0.25, -0.2) is 0 Å². The summed E-state index contributed by atoms with van der Waals surface area (Å²) in [6.07, 6.45) is 15.1. The maximum Gasteiger partial charge on any atom is 0.115 e. The number of aryl methyl sites for hydroxylation is 1. The van der Waals surface area contributed by atoms with Gasteiger partial charge >= 0.3 is 0 Å². The zero-order valence-electron chi connectivity index (χ0n) is 18.6. The second kappa shape index (κ2) is 8.98. The summed E-state index contributed by atoms with van der Waals surface area (Å²) in [7, 11) is 0. The van der Waals surface area contributed by atoms with Crippen LogP contribution >= 0.6 is 15.9 Å². The fourth-order valence-corrected chi connectivity index (χ4v) is 8.12. The number of hydrogen-bond donors (Lipinski definition) is 2. The van der Waals surface area contributed by atoms with E-state index in [0.29, 0.717) is 23.5 Å². The van der Waals surface area contributed by atoms with E-state index < -0.39 is 0 Å². The van der Waals surface area contributed by atoms with Crippen molar-refractivity contribution in [2.24, 2.45) is 22.7 Å². The molecule has 6 atom stereocenters. The molecule has 3 aliphatic carbocycles. The quantitative estimate of drug-likeness (QED) is 0.239. The van der Waals surface area contributed by atoms with Gasteiger partial charge in [-0.2, -0.15) is 0 Å². The summed E-state index contributed by atoms with van der Waals surface area (Å²) in [4.78, 5) is 0. The summed E-state index contributed by atoms with van der Waals surface area (Å²) in [5.74, 6) is 1.96. The Kier molecular flexibility index (Phi) is 6.70. The van der Waals surface area contributed by atoms with Crippen LogP contribution in [0.3, 0.4) is 0 Å². The van der Waals surface area contributed by atoms with E-state index in [1.807, 2.05) is 12.1 Å². The Morgan fingerprint density at radius 2 is 1.93 bits per heavy atom. The minimum atomic E-state index is -0.178. The van der Waals surface area contributed by atoms with E-state index >= 15 is 0 Å². The Morgan fingerprint density at radius 1 is 1.17 bits per heavy atom. The SMILES string of the molecule is C=CC12CCc3cc(O)ccc3[C@H]1[C@@H](CCCCCCCBr)C[C@]1(C)[C@@H](O)CC[C@@H]21. The summed E-state index contributed by atoms with van der Waals surface area (Å²) >= 11 is 3.54. The fourth-order valence-electron chi connectivity index (χ4n) is 7.72. The van der Waals surface area contributed by atoms with Gasteiger partial charge in [-0.1, -0.05) is 60.7 Å². The van der Waals surface area contributed by atoms with E-state index in [9.17, 15) is 10.2 Å². The summed E-state index contributed by atoms with van der Waals surface area (Å²) in [5.41, 5.74) is 2.88. The predicted molar refractivity (Wildman–Crippen MR) is 128 cm³/mol. The summed E-state index contributed by atoms with van der Waals surface area (Å²) in [6.45, 7) is 6.76. The number of benzene rings is 1. The minimum absolute atomic E-state index is 0.0136. The number of phenolic OH excluding ortho intramolecular Hbond substituents is 1. The van der Waals surface area contributed by atoms with Crippen molar-refractivity contribution in [1.29, 1.82) is 0 Å². The number of halogens is 1. The number of aromatic hydroxyl groups is 1. The van der Waals surface area contributed by atoms with Gasteiger partial charge in [0.25, 0.3) is 0 Å². The molecular formula is C27H39BrO2. The lowest BCUT2D eigenvalue weighted by molar-refractivity contribution is -0.0812. The molecule has 30 heavy (non-hydrogen) atoms. The van der Waals surface area contributed by atoms with Crippen LogP contribution in [0.2, 0.25) is 0 Å². The molecule has 0 radical (unpaired) electrons. The first kappa shape index (κ1) is 22.4. The molecule has 2 fully saturated rings. The highest BCUT2D eigenvalue weighted by atomic mass is 79.9. The third-order valence-electron chi connectivity index (χ3n) is 9.06. The zero-order valence-corrected chi connectivity index (χ0v) is 20.2. The molecular weight excluding hydrogens is 436 g/mol. The highest BCUT2D eigenvalue weighted by Crippen LogP contribution is 2.69. The molecule has 0 aromatic heterocycles. The van der Waals surface area contributed by atoms with Crippen molar-refractivity contribution in [3.8, 4) is 5.75 Å². The number of alkyl halides is 1. The van der Waals surface area contributed by atoms with Gasteiger partial charge in [0.2, 0.25) is 0 Å². The van der Waals surface area contributed by atoms with Crippen LogP contribution in [0.25, 0.3) is 0 Å². The van der Waals surface area contributed by atoms with Crippen LogP contribution in [-0.2, 0) is 6.42 Å². The molecule has 1 aromatic rings. The van der Waals surface area contributed by atoms with Crippen molar-refractivity contribution in [2.75, 3.05) is 5.33 Å². The average molecular weight is 476 g/mol. The normalized spacial score (nSPS) is 37.3. The molecule has 0 bridgehead atoms. The van der Waals surface area contributed by atoms with Gasteiger partial charge in [-0.05, 0) is 96.8 Å². The average Bonchev–Trinajstić information content (AvgIpc) is 3.04. The lowest BCUT2D eigenvalue weighted by Gasteiger charge is -2.60. The molecule has 0 saturated heterocycles. The van der Waals surface area contributed by atoms with E-state index in [1.165, 1.54) is 49.7 Å². The Morgan fingerprint density at radius 3 is 2.70 bits per heavy atom. The number of phenols is 1. The Labute approximate surface area is 191 Å². The predicted octanol–water partition coefficient (Wildman–Crippen LogP) is 7.13. The standard InChI is InChI=1S/C27H39BrO2/c1-3-27-15-14-19-17-21(29)10-11-22(19)25(27)20(9-7-5-4-6-8-16-28)18-26(2)23(27)12-13-24(26)30/h3,10-11,17,20,23-25,29-30H,1,4-9,12-16,18H2,2H3/t20-,23+,24-,25+,26-,27?/m0/s1. The van der Waals surface area contributed by atoms with E-state index in [1.54, 1.807) is 0 Å². The van der Waals surface area contributed by atoms with Crippen molar-refractivity contribution < 1.29 is 10.2 Å². The molecule has 0 heterocycles. The van der Waals surface area contributed by atoms with E-state index in [-0.39, 0.29) is 16.9 Å². The van der Waals surface area contributed by atoms with Crippen molar-refractivity contribution in [3.63, 3.8) is 0 Å². The summed E-state index contributed by atoms with van der Waals surface area (Å²) < 4.78 is 0. The van der Waals surface area contributed by atoms with Crippen LogP contribution in [0.4, 0.5) is 0 Å². The molecule has 3 aliphatic rings. The maximum absolute atomic E-state index is 11.0. The number of fused-ring (bicyclic) bond motifs is 5. The number of aliphatic hydroxyl groups excluding tert-OH is 1. The Bertz CT molecular complexity index is 761. The molecule has 4 rings (SSSR count). The molecule has 1 aromatic carbocycles. The zero-order chi connectivity index (χ0) is 21.4. The molecule has 0 aliphatic heterocycles. The van der Waals surface area contributed by atoms with Gasteiger partial charge in [0.15, 0.2) is 0 Å². The van der Waals surface area contributed by atoms with Crippen LogP contribution in [0, 0.1) is 22.7 Å². The first-order valence-corrected chi connectivity index (χ1v) is 13.3. The van der Waals surface area contributed by atoms with Crippen molar-refractivity contribution in [3.05, 3.63) is 42.0 Å². The van der Waals surface area contributed by atoms with Crippen LogP contribution in [0.15, 0.2) is 30.9 Å². The maximum atomic E-state index is 11.0. The number of rotatable bonds is 8. The van der Waals surface area contributed by atoms with Gasteiger partial charge in [-0.3, -0.25) is 0 Å². The van der Waals surface area contributed by atoms with Gasteiger partial charge in [0.05, 0.1) is 6.10 Å². The van der Waals surface area contributed by atoms with Crippen molar-refractivity contribution in [1.82, 2.24) is 0 Å². The Hall–Kier alpha value is -0.800. The first-order chi connectivity index (χ1) is 14.5. The smallest absolute Gasteiger partial charge is 0.115 e. The molecule has 166 valence electrons. The summed E-state index contributed by atoms with van der Waals surface area (Å²) in [6, 6.07) is 6.08. The van der Waals surface area contributed by atoms with Gasteiger partial charge in [0, 0.05) is 5.33 Å². The number of hydrogen-bond acceptors (Lipinski definition) is 2. The van der Waals surface area contributed by atoms with E-state index in [0.717, 1.165) is 37.4 Å². The third kappa shape index (κ3) is 3.68. The van der Waals surface area contributed by atoms with E-state index in [4.69, 9.17) is 0 Å². The summed E-state index contributed by atoms with van der Waals surface area (Å²) in [5, 5.41) is 22.2. The highest BCUT2D eigenvalue weighted by molar-refractivity contribution is 9.09. The van der Waals surface area contributed by atoms with Crippen LogP contribution in [0.5, 0.6) is 5.75 Å². The lowest BCUT2D eigenvalue weighted by Crippen LogP contribution is -2.54. The second-order valence-corrected chi connectivity index (χ2v) is 11.3. The molecule has 2 N–H and O–H groups in total. The lowest BCUT2D eigenvalue weighted by atomic mass is 9.44. The second-order valence-electron chi connectivity index (χ2n) is 10.5. The molecule has 0 spiro atoms. The number of unbranched alkanes of at least 4 members (excludes halogenated alkanes) is 4. The number of allylic oxidation sites excluding steroid dienone is 1. The third-order valence-corrected chi connectivity index (χ3v) is 9.63. The molecule has 3 heteroatoms. The topological polar surface area (TPSA) is 40.5 Å². The molecule has 1 unspecified atom stereocenters. The number of aliphatic hydroxyl groups is 1. The van der Waals surface area contributed by atoms with Gasteiger partial charge in [-0.15, -0.1) is 6.58 Å². The van der Waals surface area contributed by atoms with Crippen LogP contribution in [0.1, 0.15) is 88.2 Å². The van der Waals surface area contributed by atoms with Crippen LogP contribution < -0.4 is 0 Å². The molecule has 2 nitrogen and oxygen atoms in total. The molecule has 0 amide bonds. The van der Waals surface area contributed by atoms with Crippen molar-refractivity contribution in [2.45, 2.75) is 89.6 Å². The van der Waals surface area contributed by atoms with Gasteiger partial charge < -0.3 is 10.2 Å². The van der Waals surface area contributed by atoms with Crippen molar-refractivity contribution >= 4 is 15.9 Å². The highest BCUT2D eigenvalue weighted by Gasteiger charge is 2.63. The molecule has 2 saturated carbocycles. The largest absolute Gasteiger partial charge is 0.508 e. The fraction of sp³-hybridized carbons (Fsp3) is 0.704. The Balaban J connectivity index is 1.65. The van der Waals surface area contributed by atoms with Crippen LogP contribution in [-0.4, -0.2) is 21.6 Å². The van der Waals surface area contributed by atoms with Gasteiger partial charge in [0.1, 0.15) is 5.75 Å². The minimum Gasteiger partial charge on any atom is -0.508 e. The first-order valence-electron chi connectivity index (χ1n) is 12.2. The monoisotopic (exact) mass is 474 g/mol.